The van der Waals surface area contributed by atoms with Crippen molar-refractivity contribution in [1.82, 2.24) is 0 Å². The van der Waals surface area contributed by atoms with Crippen molar-refractivity contribution in [3.05, 3.63) is 0 Å². The number of Topliss-reactive ketones (excluding diaryl/α,β-unsaturated/α-hetero) is 1. The lowest BCUT2D eigenvalue weighted by atomic mass is 9.95. The molecule has 0 rings (SSSR count). The summed E-state index contributed by atoms with van der Waals surface area (Å²) in [6.45, 7) is 5.63. The molecule has 0 aliphatic carbocycles. The Labute approximate surface area is 68.6 Å². The molecule has 0 saturated carbocycles. The van der Waals surface area contributed by atoms with Gasteiger partial charge in [0.25, 0.3) is 0 Å². The minimum absolute atomic E-state index is 0.158. The summed E-state index contributed by atoms with van der Waals surface area (Å²) < 4.78 is 0. The first-order chi connectivity index (χ1) is 5.13. The number of ketones is 1. The Morgan fingerprint density at radius 2 is 2.00 bits per heavy atom. The van der Waals surface area contributed by atoms with Gasteiger partial charge in [-0.05, 0) is 6.42 Å². The van der Waals surface area contributed by atoms with E-state index in [1.165, 1.54) is 0 Å². The van der Waals surface area contributed by atoms with Crippen LogP contribution in [0.3, 0.4) is 0 Å². The maximum absolute atomic E-state index is 11.1. The third-order valence-electron chi connectivity index (χ3n) is 2.02. The van der Waals surface area contributed by atoms with Gasteiger partial charge in [-0.25, -0.2) is 0 Å². The smallest absolute Gasteiger partial charge is 0.138 e. The largest absolute Gasteiger partial charge is 0.392 e. The maximum atomic E-state index is 11.1. The fourth-order valence-electron chi connectivity index (χ4n) is 1.08. The van der Waals surface area contributed by atoms with E-state index in [2.05, 4.69) is 0 Å². The van der Waals surface area contributed by atoms with E-state index in [9.17, 15) is 9.90 Å². The van der Waals surface area contributed by atoms with Crippen molar-refractivity contribution < 1.29 is 9.90 Å². The molecule has 0 aromatic heterocycles. The van der Waals surface area contributed by atoms with Gasteiger partial charge in [-0.2, -0.15) is 0 Å². The Kier molecular flexibility index (Phi) is 5.12. The highest BCUT2D eigenvalue weighted by molar-refractivity contribution is 5.80. The molecule has 2 nitrogen and oxygen atoms in total. The molecule has 0 spiro atoms. The zero-order chi connectivity index (χ0) is 8.85. The Hall–Kier alpha value is -0.370. The monoisotopic (exact) mass is 158 g/mol. The molecule has 0 bridgehead atoms. The quantitative estimate of drug-likeness (QED) is 0.662. The molecule has 0 fully saturated rings. The van der Waals surface area contributed by atoms with Crippen LogP contribution in [0.25, 0.3) is 0 Å². The van der Waals surface area contributed by atoms with E-state index in [1.807, 2.05) is 13.8 Å². The average molecular weight is 158 g/mol. The molecule has 0 aliphatic rings. The highest BCUT2D eigenvalue weighted by Gasteiger charge is 2.18. The van der Waals surface area contributed by atoms with Crippen LogP contribution in [-0.2, 0) is 4.79 Å². The Morgan fingerprint density at radius 3 is 2.36 bits per heavy atom. The van der Waals surface area contributed by atoms with E-state index in [0.29, 0.717) is 6.42 Å². The summed E-state index contributed by atoms with van der Waals surface area (Å²) in [5, 5.41) is 9.40. The summed E-state index contributed by atoms with van der Waals surface area (Å²) in [7, 11) is 0. The van der Waals surface area contributed by atoms with Crippen LogP contribution >= 0.6 is 0 Å². The molecule has 1 N–H and O–H groups in total. The zero-order valence-electron chi connectivity index (χ0n) is 7.63. The topological polar surface area (TPSA) is 37.3 Å². The molecular formula is C9H18O2. The van der Waals surface area contributed by atoms with Gasteiger partial charge in [0, 0.05) is 12.3 Å². The lowest BCUT2D eigenvalue weighted by molar-refractivity contribution is -0.125. The zero-order valence-corrected chi connectivity index (χ0v) is 7.63. The van der Waals surface area contributed by atoms with E-state index in [1.54, 1.807) is 6.92 Å². The van der Waals surface area contributed by atoms with Crippen LogP contribution in [0.1, 0.15) is 40.0 Å². The molecule has 2 heteroatoms. The summed E-state index contributed by atoms with van der Waals surface area (Å²) in [4.78, 5) is 11.1. The second-order valence-electron chi connectivity index (χ2n) is 2.96. The van der Waals surface area contributed by atoms with Crippen molar-refractivity contribution in [2.24, 2.45) is 5.92 Å². The third kappa shape index (κ3) is 3.51. The normalized spacial score (nSPS) is 16.0. The molecule has 11 heavy (non-hydrogen) atoms. The molecule has 0 heterocycles. The van der Waals surface area contributed by atoms with E-state index in [0.717, 1.165) is 12.8 Å². The molecular weight excluding hydrogens is 140 g/mol. The molecule has 0 amide bonds. The number of hydrogen-bond donors (Lipinski definition) is 1. The van der Waals surface area contributed by atoms with E-state index in [-0.39, 0.29) is 11.7 Å². The first-order valence-corrected chi connectivity index (χ1v) is 4.34. The number of rotatable bonds is 5. The Morgan fingerprint density at radius 1 is 1.45 bits per heavy atom. The fraction of sp³-hybridized carbons (Fsp3) is 0.889. The van der Waals surface area contributed by atoms with Crippen LogP contribution in [0.4, 0.5) is 0 Å². The maximum Gasteiger partial charge on any atom is 0.138 e. The molecule has 0 aromatic carbocycles. The molecule has 0 aromatic rings. The molecule has 0 saturated heterocycles. The highest BCUT2D eigenvalue weighted by Crippen LogP contribution is 2.11. The standard InChI is InChI=1S/C9H18O2/c1-4-6-9(11)7(3)8(10)5-2/h7,9,11H,4-6H2,1-3H3/t7-,9+/m1/s1. The van der Waals surface area contributed by atoms with Crippen LogP contribution in [0.15, 0.2) is 0 Å². The fourth-order valence-corrected chi connectivity index (χ4v) is 1.08. The number of hydrogen-bond acceptors (Lipinski definition) is 2. The van der Waals surface area contributed by atoms with E-state index >= 15 is 0 Å². The summed E-state index contributed by atoms with van der Waals surface area (Å²) in [6, 6.07) is 0. The number of aliphatic hydroxyl groups excluding tert-OH is 1. The Balaban J connectivity index is 3.80. The van der Waals surface area contributed by atoms with Gasteiger partial charge < -0.3 is 5.11 Å². The molecule has 0 aliphatic heterocycles. The second kappa shape index (κ2) is 5.30. The summed E-state index contributed by atoms with van der Waals surface area (Å²) in [5.41, 5.74) is 0. The third-order valence-corrected chi connectivity index (χ3v) is 2.02. The Bertz CT molecular complexity index is 121. The predicted octanol–water partition coefficient (Wildman–Crippen LogP) is 1.76. The van der Waals surface area contributed by atoms with Gasteiger partial charge in [-0.3, -0.25) is 4.79 Å². The predicted molar refractivity (Wildman–Crippen MR) is 45.4 cm³/mol. The van der Waals surface area contributed by atoms with Crippen molar-refractivity contribution in [1.29, 1.82) is 0 Å². The minimum Gasteiger partial charge on any atom is -0.392 e. The van der Waals surface area contributed by atoms with E-state index in [4.69, 9.17) is 0 Å². The van der Waals surface area contributed by atoms with Gasteiger partial charge in [0.05, 0.1) is 6.10 Å². The first kappa shape index (κ1) is 10.6. The van der Waals surface area contributed by atoms with Crippen molar-refractivity contribution in [3.8, 4) is 0 Å². The average Bonchev–Trinajstić information content (AvgIpc) is 2.02. The number of carbonyl (C=O) groups excluding carboxylic acids is 1. The van der Waals surface area contributed by atoms with Gasteiger partial charge in [-0.1, -0.05) is 27.2 Å². The van der Waals surface area contributed by atoms with Crippen LogP contribution < -0.4 is 0 Å². The van der Waals surface area contributed by atoms with Gasteiger partial charge in [0.1, 0.15) is 5.78 Å². The molecule has 66 valence electrons. The minimum atomic E-state index is -0.438. The van der Waals surface area contributed by atoms with Crippen LogP contribution in [0, 0.1) is 5.92 Å². The van der Waals surface area contributed by atoms with Crippen LogP contribution in [-0.4, -0.2) is 17.0 Å². The molecule has 2 atom stereocenters. The van der Waals surface area contributed by atoms with Gasteiger partial charge in [0.2, 0.25) is 0 Å². The van der Waals surface area contributed by atoms with E-state index < -0.39 is 6.10 Å². The van der Waals surface area contributed by atoms with Crippen LogP contribution in [0.5, 0.6) is 0 Å². The van der Waals surface area contributed by atoms with Crippen molar-refractivity contribution >= 4 is 5.78 Å². The summed E-state index contributed by atoms with van der Waals surface area (Å²) in [6.07, 6.45) is 1.75. The number of carbonyl (C=O) groups is 1. The molecule has 0 radical (unpaired) electrons. The summed E-state index contributed by atoms with van der Waals surface area (Å²) in [5.74, 6) is -0.0223. The SMILES string of the molecule is CCC[C@H](O)[C@H](C)C(=O)CC. The van der Waals surface area contributed by atoms with Gasteiger partial charge >= 0.3 is 0 Å². The van der Waals surface area contributed by atoms with Crippen molar-refractivity contribution in [2.75, 3.05) is 0 Å². The molecule has 0 unspecified atom stereocenters. The summed E-state index contributed by atoms with van der Waals surface area (Å²) >= 11 is 0. The van der Waals surface area contributed by atoms with Crippen molar-refractivity contribution in [2.45, 2.75) is 46.1 Å². The second-order valence-corrected chi connectivity index (χ2v) is 2.96. The lowest BCUT2D eigenvalue weighted by Crippen LogP contribution is -2.24. The number of aliphatic hydroxyl groups is 1. The van der Waals surface area contributed by atoms with Gasteiger partial charge in [0.15, 0.2) is 0 Å². The first-order valence-electron chi connectivity index (χ1n) is 4.34. The lowest BCUT2D eigenvalue weighted by Gasteiger charge is -2.15. The van der Waals surface area contributed by atoms with Crippen molar-refractivity contribution in [3.63, 3.8) is 0 Å². The van der Waals surface area contributed by atoms with Crippen LogP contribution in [0.2, 0.25) is 0 Å². The highest BCUT2D eigenvalue weighted by atomic mass is 16.3. The van der Waals surface area contributed by atoms with Gasteiger partial charge in [-0.15, -0.1) is 0 Å².